The monoisotopic (exact) mass is 448 g/mol. The van der Waals surface area contributed by atoms with Gasteiger partial charge in [-0.1, -0.05) is 82.7 Å². The van der Waals surface area contributed by atoms with E-state index < -0.39 is 0 Å². The lowest BCUT2D eigenvalue weighted by atomic mass is 9.76. The van der Waals surface area contributed by atoms with Gasteiger partial charge in [0.1, 0.15) is 5.82 Å². The Morgan fingerprint density at radius 3 is 2.30 bits per heavy atom. The predicted molar refractivity (Wildman–Crippen MR) is 140 cm³/mol. The first-order valence-electron chi connectivity index (χ1n) is 14.1. The highest BCUT2D eigenvalue weighted by molar-refractivity contribution is 5.38. The van der Waals surface area contributed by atoms with Gasteiger partial charge in [-0.05, 0) is 109 Å². The summed E-state index contributed by atoms with van der Waals surface area (Å²) in [6.45, 7) is 4.55. The molecule has 1 unspecified atom stereocenters. The van der Waals surface area contributed by atoms with Crippen LogP contribution in [-0.4, -0.2) is 0 Å². The highest BCUT2D eigenvalue weighted by Crippen LogP contribution is 2.40. The van der Waals surface area contributed by atoms with Crippen LogP contribution in [0.1, 0.15) is 131 Å². The largest absolute Gasteiger partial charge is 0.207 e. The fraction of sp³-hybridized carbons (Fsp3) is 0.625. The van der Waals surface area contributed by atoms with Gasteiger partial charge in [0.15, 0.2) is 0 Å². The van der Waals surface area contributed by atoms with Gasteiger partial charge in [0, 0.05) is 0 Å². The van der Waals surface area contributed by atoms with Gasteiger partial charge in [-0.15, -0.1) is 0 Å². The average Bonchev–Trinajstić information content (AvgIpc) is 2.84. The highest BCUT2D eigenvalue weighted by Gasteiger charge is 2.26. The molecule has 0 spiro atoms. The Hall–Kier alpha value is -1.63. The normalized spacial score (nSPS) is 22.8. The van der Waals surface area contributed by atoms with Gasteiger partial charge in [-0.3, -0.25) is 0 Å². The first-order chi connectivity index (χ1) is 16.2. The number of aryl methyl sites for hydroxylation is 2. The van der Waals surface area contributed by atoms with Crippen LogP contribution < -0.4 is 0 Å². The Bertz CT molecular complexity index is 874. The van der Waals surface area contributed by atoms with Gasteiger partial charge < -0.3 is 0 Å². The molecule has 33 heavy (non-hydrogen) atoms. The molecule has 2 aromatic rings. The van der Waals surface area contributed by atoms with Crippen molar-refractivity contribution in [1.82, 2.24) is 0 Å². The lowest BCUT2D eigenvalue weighted by Crippen LogP contribution is -2.16. The second-order valence-electron chi connectivity index (χ2n) is 11.0. The van der Waals surface area contributed by atoms with Crippen molar-refractivity contribution in [3.05, 3.63) is 70.0 Å². The maximum Gasteiger partial charge on any atom is 0.126 e. The van der Waals surface area contributed by atoms with Crippen molar-refractivity contribution >= 4 is 0 Å². The van der Waals surface area contributed by atoms with E-state index in [4.69, 9.17) is 0 Å². The second kappa shape index (κ2) is 12.2. The van der Waals surface area contributed by atoms with E-state index in [9.17, 15) is 0 Å². The zero-order valence-electron chi connectivity index (χ0n) is 21.2. The topological polar surface area (TPSA) is 0 Å². The average molecular weight is 449 g/mol. The molecular weight excluding hydrogens is 403 g/mol. The van der Waals surface area contributed by atoms with E-state index in [0.29, 0.717) is 11.8 Å². The Morgan fingerprint density at radius 1 is 0.758 bits per heavy atom. The van der Waals surface area contributed by atoms with Gasteiger partial charge in [-0.2, -0.15) is 0 Å². The number of hydrogen-bond donors (Lipinski definition) is 0. The van der Waals surface area contributed by atoms with E-state index in [1.807, 2.05) is 6.07 Å². The third-order valence-electron chi connectivity index (χ3n) is 8.57. The van der Waals surface area contributed by atoms with Gasteiger partial charge in [-0.25, -0.2) is 4.39 Å². The minimum atomic E-state index is 0.0437. The smallest absolute Gasteiger partial charge is 0.126 e. The van der Waals surface area contributed by atoms with Crippen molar-refractivity contribution in [2.75, 3.05) is 0 Å². The van der Waals surface area contributed by atoms with Crippen molar-refractivity contribution < 1.29 is 4.39 Å². The summed E-state index contributed by atoms with van der Waals surface area (Å²) >= 11 is 0. The fourth-order valence-corrected chi connectivity index (χ4v) is 6.40. The Labute approximate surface area is 202 Å². The highest BCUT2D eigenvalue weighted by atomic mass is 19.1. The van der Waals surface area contributed by atoms with E-state index in [1.165, 1.54) is 99.3 Å². The molecule has 0 amide bonds. The third kappa shape index (κ3) is 6.49. The van der Waals surface area contributed by atoms with Gasteiger partial charge in [0.2, 0.25) is 0 Å². The molecule has 0 radical (unpaired) electrons. The van der Waals surface area contributed by atoms with Gasteiger partial charge in [0.05, 0.1) is 0 Å². The molecule has 2 aliphatic rings. The van der Waals surface area contributed by atoms with Crippen LogP contribution in [0, 0.1) is 11.7 Å². The zero-order valence-corrected chi connectivity index (χ0v) is 21.2. The number of rotatable bonds is 10. The summed E-state index contributed by atoms with van der Waals surface area (Å²) in [6.07, 6.45) is 18.8. The summed E-state index contributed by atoms with van der Waals surface area (Å²) in [5.41, 5.74) is 6.63. The lowest BCUT2D eigenvalue weighted by Gasteiger charge is -2.30. The van der Waals surface area contributed by atoms with Crippen LogP contribution in [0.25, 0.3) is 0 Å². The molecule has 1 fully saturated rings. The van der Waals surface area contributed by atoms with Crippen LogP contribution >= 0.6 is 0 Å². The number of hydrogen-bond acceptors (Lipinski definition) is 0. The maximum absolute atomic E-state index is 15.3. The number of halogens is 1. The van der Waals surface area contributed by atoms with E-state index in [1.54, 1.807) is 0 Å². The van der Waals surface area contributed by atoms with Gasteiger partial charge >= 0.3 is 0 Å². The molecule has 2 aliphatic carbocycles. The molecule has 1 saturated carbocycles. The van der Waals surface area contributed by atoms with Crippen molar-refractivity contribution in [1.29, 1.82) is 0 Å². The molecule has 0 heterocycles. The van der Waals surface area contributed by atoms with E-state index >= 15 is 4.39 Å². The van der Waals surface area contributed by atoms with E-state index in [-0.39, 0.29) is 5.82 Å². The summed E-state index contributed by atoms with van der Waals surface area (Å²) in [4.78, 5) is 0. The molecule has 1 heteroatoms. The minimum Gasteiger partial charge on any atom is -0.207 e. The molecule has 0 aromatic heterocycles. The Balaban J connectivity index is 1.34. The van der Waals surface area contributed by atoms with Gasteiger partial charge in [0.25, 0.3) is 0 Å². The summed E-state index contributed by atoms with van der Waals surface area (Å²) < 4.78 is 15.3. The number of unbranched alkanes of at least 4 members (excludes halogenated alkanes) is 4. The molecule has 0 saturated heterocycles. The molecule has 2 aromatic carbocycles. The first kappa shape index (κ1) is 24.5. The van der Waals surface area contributed by atoms with E-state index in [0.717, 1.165) is 30.7 Å². The van der Waals surface area contributed by atoms with Crippen LogP contribution in [0.5, 0.6) is 0 Å². The molecule has 0 nitrogen and oxygen atoms in total. The maximum atomic E-state index is 15.3. The minimum absolute atomic E-state index is 0.0437. The molecule has 180 valence electrons. The van der Waals surface area contributed by atoms with Crippen molar-refractivity contribution in [2.45, 2.75) is 122 Å². The van der Waals surface area contributed by atoms with Crippen LogP contribution in [0.3, 0.4) is 0 Å². The molecular formula is C32H45F. The zero-order chi connectivity index (χ0) is 23.0. The quantitative estimate of drug-likeness (QED) is 0.317. The first-order valence-corrected chi connectivity index (χ1v) is 14.1. The fourth-order valence-electron chi connectivity index (χ4n) is 6.40. The second-order valence-corrected chi connectivity index (χ2v) is 11.0. The van der Waals surface area contributed by atoms with Crippen molar-refractivity contribution in [3.63, 3.8) is 0 Å². The van der Waals surface area contributed by atoms with E-state index in [2.05, 4.69) is 44.2 Å². The van der Waals surface area contributed by atoms with Crippen LogP contribution in [0.2, 0.25) is 0 Å². The van der Waals surface area contributed by atoms with Crippen LogP contribution in [0.4, 0.5) is 4.39 Å². The SMILES string of the molecule is CCCCCc1ccc2c(c1)CCC(c1ccc(C3CCC(CCCCC)CC3)cc1F)C2. The van der Waals surface area contributed by atoms with Crippen molar-refractivity contribution in [3.8, 4) is 0 Å². The number of benzene rings is 2. The lowest BCUT2D eigenvalue weighted by molar-refractivity contribution is 0.302. The summed E-state index contributed by atoms with van der Waals surface area (Å²) in [7, 11) is 0. The summed E-state index contributed by atoms with van der Waals surface area (Å²) in [5, 5.41) is 0. The standard InChI is InChI=1S/C32H45F/c1-3-5-7-9-24-11-14-26(15-12-24)29-19-20-31(32(33)23-29)30-18-17-27-21-25(10-8-6-4-2)13-16-28(27)22-30/h13,16,19-21,23-24,26,30H,3-12,14-15,17-18,22H2,1-2H3. The Morgan fingerprint density at radius 2 is 1.55 bits per heavy atom. The molecule has 1 atom stereocenters. The van der Waals surface area contributed by atoms with Crippen molar-refractivity contribution in [2.24, 2.45) is 5.92 Å². The number of fused-ring (bicyclic) bond motifs is 1. The third-order valence-corrected chi connectivity index (χ3v) is 8.57. The van der Waals surface area contributed by atoms with Crippen LogP contribution in [-0.2, 0) is 19.3 Å². The molecule has 0 bridgehead atoms. The summed E-state index contributed by atoms with van der Waals surface area (Å²) in [6, 6.07) is 13.4. The molecule has 4 rings (SSSR count). The predicted octanol–water partition coefficient (Wildman–Crippen LogP) is 9.68. The summed E-state index contributed by atoms with van der Waals surface area (Å²) in [5.74, 6) is 1.84. The molecule has 0 aliphatic heterocycles. The Kier molecular flexibility index (Phi) is 9.04. The van der Waals surface area contributed by atoms with Crippen LogP contribution in [0.15, 0.2) is 36.4 Å². The molecule has 0 N–H and O–H groups in total.